The molecule has 0 aliphatic rings. The van der Waals surface area contributed by atoms with Crippen LogP contribution in [0.2, 0.25) is 0 Å². The maximum Gasteiger partial charge on any atom is 0.243 e. The molecule has 0 aliphatic carbocycles. The van der Waals surface area contributed by atoms with E-state index < -0.39 is 5.82 Å². The standard InChI is InChI=1S/C20H24FN3O4/c1-4-27-15-7-9-19(28-5-2)18(11-15)24-20(26)12-22-17-10-14(23-13(3)25)6-8-16(17)21/h6-11,22H,4-5,12H2,1-3H3,(H,23,25)(H,24,26). The first kappa shape index (κ1) is 21.0. The largest absolute Gasteiger partial charge is 0.494 e. The maximum atomic E-state index is 13.9. The van der Waals surface area contributed by atoms with E-state index in [0.29, 0.717) is 36.1 Å². The van der Waals surface area contributed by atoms with Crippen LogP contribution >= 0.6 is 0 Å². The van der Waals surface area contributed by atoms with Crippen molar-refractivity contribution in [3.8, 4) is 11.5 Å². The molecule has 2 aromatic carbocycles. The first-order valence-electron chi connectivity index (χ1n) is 8.93. The van der Waals surface area contributed by atoms with Crippen molar-refractivity contribution in [1.82, 2.24) is 0 Å². The van der Waals surface area contributed by atoms with Gasteiger partial charge in [-0.3, -0.25) is 9.59 Å². The van der Waals surface area contributed by atoms with Crippen LogP contribution in [0, 0.1) is 5.82 Å². The molecule has 0 unspecified atom stereocenters. The number of ether oxygens (including phenoxy) is 2. The lowest BCUT2D eigenvalue weighted by molar-refractivity contribution is -0.115. The van der Waals surface area contributed by atoms with E-state index in [1.165, 1.54) is 25.1 Å². The van der Waals surface area contributed by atoms with Crippen LogP contribution in [0.25, 0.3) is 0 Å². The molecule has 0 bridgehead atoms. The van der Waals surface area contributed by atoms with Crippen molar-refractivity contribution in [2.45, 2.75) is 20.8 Å². The predicted molar refractivity (Wildman–Crippen MR) is 107 cm³/mol. The molecular weight excluding hydrogens is 365 g/mol. The van der Waals surface area contributed by atoms with E-state index >= 15 is 0 Å². The van der Waals surface area contributed by atoms with Gasteiger partial charge in [0.25, 0.3) is 0 Å². The van der Waals surface area contributed by atoms with Crippen LogP contribution in [0.15, 0.2) is 36.4 Å². The van der Waals surface area contributed by atoms with Gasteiger partial charge in [0.2, 0.25) is 11.8 Å². The summed E-state index contributed by atoms with van der Waals surface area (Å²) in [5, 5.41) is 8.02. The van der Waals surface area contributed by atoms with Gasteiger partial charge in [-0.1, -0.05) is 0 Å². The average molecular weight is 389 g/mol. The number of anilines is 3. The van der Waals surface area contributed by atoms with Crippen molar-refractivity contribution >= 4 is 28.9 Å². The highest BCUT2D eigenvalue weighted by Gasteiger charge is 2.11. The zero-order valence-electron chi connectivity index (χ0n) is 16.1. The Morgan fingerprint density at radius 2 is 1.71 bits per heavy atom. The Morgan fingerprint density at radius 1 is 0.964 bits per heavy atom. The average Bonchev–Trinajstić information content (AvgIpc) is 2.64. The molecule has 0 saturated carbocycles. The second kappa shape index (κ2) is 10.1. The second-order valence-electron chi connectivity index (χ2n) is 5.80. The topological polar surface area (TPSA) is 88.7 Å². The summed E-state index contributed by atoms with van der Waals surface area (Å²) in [6.45, 7) is 5.82. The van der Waals surface area contributed by atoms with Crippen LogP contribution in [0.3, 0.4) is 0 Å². The molecule has 8 heteroatoms. The van der Waals surface area contributed by atoms with Gasteiger partial charge in [0.05, 0.1) is 31.1 Å². The summed E-state index contributed by atoms with van der Waals surface area (Å²) in [6.07, 6.45) is 0. The Balaban J connectivity index is 2.06. The Morgan fingerprint density at radius 3 is 2.39 bits per heavy atom. The van der Waals surface area contributed by atoms with Crippen molar-refractivity contribution in [3.63, 3.8) is 0 Å². The molecule has 2 amide bonds. The second-order valence-corrected chi connectivity index (χ2v) is 5.80. The van der Waals surface area contributed by atoms with E-state index in [2.05, 4.69) is 16.0 Å². The van der Waals surface area contributed by atoms with Crippen LogP contribution in [-0.4, -0.2) is 31.6 Å². The fourth-order valence-corrected chi connectivity index (χ4v) is 2.46. The Hall–Kier alpha value is -3.29. The molecule has 0 aliphatic heterocycles. The normalized spacial score (nSPS) is 10.1. The molecule has 0 spiro atoms. The van der Waals surface area contributed by atoms with E-state index in [1.807, 2.05) is 13.8 Å². The van der Waals surface area contributed by atoms with Crippen molar-refractivity contribution in [2.75, 3.05) is 35.7 Å². The van der Waals surface area contributed by atoms with Gasteiger partial charge in [0.1, 0.15) is 17.3 Å². The van der Waals surface area contributed by atoms with Crippen molar-refractivity contribution in [3.05, 3.63) is 42.2 Å². The summed E-state index contributed by atoms with van der Waals surface area (Å²) in [7, 11) is 0. The van der Waals surface area contributed by atoms with Crippen LogP contribution in [0.4, 0.5) is 21.5 Å². The minimum Gasteiger partial charge on any atom is -0.494 e. The molecule has 2 aromatic rings. The summed E-state index contributed by atoms with van der Waals surface area (Å²) in [5.74, 6) is -0.0801. The van der Waals surface area contributed by atoms with E-state index in [0.717, 1.165) is 0 Å². The molecule has 2 rings (SSSR count). The highest BCUT2D eigenvalue weighted by atomic mass is 19.1. The van der Waals surface area contributed by atoms with E-state index in [9.17, 15) is 14.0 Å². The van der Waals surface area contributed by atoms with Gasteiger partial charge >= 0.3 is 0 Å². The number of carbonyl (C=O) groups is 2. The lowest BCUT2D eigenvalue weighted by atomic mass is 10.2. The number of nitrogens with one attached hydrogen (secondary N) is 3. The smallest absolute Gasteiger partial charge is 0.243 e. The van der Waals surface area contributed by atoms with Gasteiger partial charge in [0, 0.05) is 18.7 Å². The Bertz CT molecular complexity index is 842. The lowest BCUT2D eigenvalue weighted by Crippen LogP contribution is -2.22. The molecular formula is C20H24FN3O4. The van der Waals surface area contributed by atoms with Crippen molar-refractivity contribution in [2.24, 2.45) is 0 Å². The van der Waals surface area contributed by atoms with Gasteiger partial charge in [-0.2, -0.15) is 0 Å². The van der Waals surface area contributed by atoms with Crippen LogP contribution in [-0.2, 0) is 9.59 Å². The van der Waals surface area contributed by atoms with Gasteiger partial charge < -0.3 is 25.4 Å². The fraction of sp³-hybridized carbons (Fsp3) is 0.300. The minimum absolute atomic E-state index is 0.106. The first-order chi connectivity index (χ1) is 13.4. The quantitative estimate of drug-likeness (QED) is 0.609. The third-order valence-corrected chi connectivity index (χ3v) is 3.56. The summed E-state index contributed by atoms with van der Waals surface area (Å²) in [5.41, 5.74) is 1.00. The molecule has 0 radical (unpaired) electrons. The van der Waals surface area contributed by atoms with Gasteiger partial charge in [-0.25, -0.2) is 4.39 Å². The molecule has 0 saturated heterocycles. The Labute approximate surface area is 163 Å². The number of carbonyl (C=O) groups excluding carboxylic acids is 2. The number of amides is 2. The highest BCUT2D eigenvalue weighted by Crippen LogP contribution is 2.29. The molecule has 0 heterocycles. The predicted octanol–water partition coefficient (Wildman–Crippen LogP) is 3.63. The van der Waals surface area contributed by atoms with Gasteiger partial charge in [-0.15, -0.1) is 0 Å². The Kier molecular flexibility index (Phi) is 7.62. The van der Waals surface area contributed by atoms with E-state index in [4.69, 9.17) is 9.47 Å². The third kappa shape index (κ3) is 6.15. The third-order valence-electron chi connectivity index (χ3n) is 3.56. The van der Waals surface area contributed by atoms with Crippen LogP contribution in [0.5, 0.6) is 11.5 Å². The molecule has 150 valence electrons. The molecule has 0 aromatic heterocycles. The van der Waals surface area contributed by atoms with Crippen molar-refractivity contribution < 1.29 is 23.5 Å². The van der Waals surface area contributed by atoms with Gasteiger partial charge in [0.15, 0.2) is 0 Å². The number of hydrogen-bond donors (Lipinski definition) is 3. The first-order valence-corrected chi connectivity index (χ1v) is 8.93. The van der Waals surface area contributed by atoms with Crippen LogP contribution in [0.1, 0.15) is 20.8 Å². The number of halogens is 1. The summed E-state index contributed by atoms with van der Waals surface area (Å²) >= 11 is 0. The number of rotatable bonds is 9. The molecule has 0 atom stereocenters. The monoisotopic (exact) mass is 389 g/mol. The lowest BCUT2D eigenvalue weighted by Gasteiger charge is -2.14. The summed E-state index contributed by atoms with van der Waals surface area (Å²) in [4.78, 5) is 23.4. The SMILES string of the molecule is CCOc1ccc(OCC)c(NC(=O)CNc2cc(NC(C)=O)ccc2F)c1. The zero-order chi connectivity index (χ0) is 20.5. The summed E-state index contributed by atoms with van der Waals surface area (Å²) < 4.78 is 24.9. The number of benzene rings is 2. The molecule has 7 nitrogen and oxygen atoms in total. The molecule has 3 N–H and O–H groups in total. The van der Waals surface area contributed by atoms with E-state index in [-0.39, 0.29) is 24.0 Å². The van der Waals surface area contributed by atoms with Crippen molar-refractivity contribution in [1.29, 1.82) is 0 Å². The zero-order valence-corrected chi connectivity index (χ0v) is 16.1. The van der Waals surface area contributed by atoms with E-state index in [1.54, 1.807) is 18.2 Å². The number of hydrogen-bond acceptors (Lipinski definition) is 5. The van der Waals surface area contributed by atoms with Gasteiger partial charge in [-0.05, 0) is 44.2 Å². The molecule has 0 fully saturated rings. The summed E-state index contributed by atoms with van der Waals surface area (Å²) in [6, 6.07) is 9.22. The minimum atomic E-state index is -0.532. The maximum absolute atomic E-state index is 13.9. The fourth-order valence-electron chi connectivity index (χ4n) is 2.46. The molecule has 28 heavy (non-hydrogen) atoms. The van der Waals surface area contributed by atoms with Crippen LogP contribution < -0.4 is 25.4 Å². The highest BCUT2D eigenvalue weighted by molar-refractivity contribution is 5.95.